The molecule has 2 N–H and O–H groups in total. The first-order valence-electron chi connectivity index (χ1n) is 7.27. The Balaban J connectivity index is 1.59. The summed E-state index contributed by atoms with van der Waals surface area (Å²) in [5, 5.41) is 0. The summed E-state index contributed by atoms with van der Waals surface area (Å²) in [7, 11) is 0. The Kier molecular flexibility index (Phi) is 5.26. The van der Waals surface area contributed by atoms with Gasteiger partial charge in [0.25, 0.3) is 0 Å². The van der Waals surface area contributed by atoms with Crippen molar-refractivity contribution in [3.8, 4) is 0 Å². The van der Waals surface area contributed by atoms with Gasteiger partial charge in [0.05, 0.1) is 12.7 Å². The van der Waals surface area contributed by atoms with Gasteiger partial charge in [-0.15, -0.1) is 0 Å². The summed E-state index contributed by atoms with van der Waals surface area (Å²) in [5.41, 5.74) is 6.35. The van der Waals surface area contributed by atoms with Crippen LogP contribution in [0.5, 0.6) is 0 Å². The lowest BCUT2D eigenvalue weighted by atomic mass is 9.93. The molecular formula is C14H27NO2. The molecule has 0 spiro atoms. The van der Waals surface area contributed by atoms with Gasteiger partial charge in [0, 0.05) is 18.8 Å². The van der Waals surface area contributed by atoms with Gasteiger partial charge >= 0.3 is 0 Å². The fourth-order valence-electron chi connectivity index (χ4n) is 2.94. The van der Waals surface area contributed by atoms with Crippen LogP contribution in [0.4, 0.5) is 0 Å². The molecule has 2 fully saturated rings. The fourth-order valence-corrected chi connectivity index (χ4v) is 2.94. The standard InChI is InChI=1S/C14H27NO2/c15-14(8-3-1-2-4-9-14)12-16-11-7-13-6-5-10-17-13/h13H,1-12,15H2. The van der Waals surface area contributed by atoms with E-state index in [0.29, 0.717) is 6.10 Å². The van der Waals surface area contributed by atoms with Crippen LogP contribution < -0.4 is 5.73 Å². The first kappa shape index (κ1) is 13.3. The lowest BCUT2D eigenvalue weighted by Gasteiger charge is -2.27. The second-order valence-electron chi connectivity index (χ2n) is 5.75. The number of ether oxygens (including phenoxy) is 2. The maximum absolute atomic E-state index is 6.40. The van der Waals surface area contributed by atoms with Gasteiger partial charge in [0.2, 0.25) is 0 Å². The quantitative estimate of drug-likeness (QED) is 0.594. The third-order valence-electron chi connectivity index (χ3n) is 4.10. The second kappa shape index (κ2) is 6.72. The molecule has 0 aromatic rings. The Morgan fingerprint density at radius 1 is 1.12 bits per heavy atom. The minimum Gasteiger partial charge on any atom is -0.379 e. The van der Waals surface area contributed by atoms with Gasteiger partial charge in [-0.2, -0.15) is 0 Å². The third kappa shape index (κ3) is 4.57. The van der Waals surface area contributed by atoms with E-state index in [1.807, 2.05) is 0 Å². The molecule has 100 valence electrons. The van der Waals surface area contributed by atoms with Gasteiger partial charge in [-0.25, -0.2) is 0 Å². The molecule has 0 amide bonds. The molecule has 2 aliphatic rings. The molecular weight excluding hydrogens is 214 g/mol. The van der Waals surface area contributed by atoms with Crippen molar-refractivity contribution in [2.45, 2.75) is 69.4 Å². The van der Waals surface area contributed by atoms with E-state index in [1.54, 1.807) is 0 Å². The smallest absolute Gasteiger partial charge is 0.0646 e. The summed E-state index contributed by atoms with van der Waals surface area (Å²) in [6, 6.07) is 0. The molecule has 1 aliphatic carbocycles. The Bertz CT molecular complexity index is 206. The van der Waals surface area contributed by atoms with E-state index in [0.717, 1.165) is 39.1 Å². The summed E-state index contributed by atoms with van der Waals surface area (Å²) in [6.45, 7) is 2.48. The molecule has 0 aromatic heterocycles. The zero-order valence-corrected chi connectivity index (χ0v) is 11.0. The summed E-state index contributed by atoms with van der Waals surface area (Å²) in [5.74, 6) is 0. The lowest BCUT2D eigenvalue weighted by molar-refractivity contribution is 0.0376. The number of hydrogen-bond acceptors (Lipinski definition) is 3. The zero-order valence-electron chi connectivity index (χ0n) is 11.0. The minimum absolute atomic E-state index is 0.0486. The lowest BCUT2D eigenvalue weighted by Crippen LogP contribution is -2.44. The highest BCUT2D eigenvalue weighted by atomic mass is 16.5. The van der Waals surface area contributed by atoms with Crippen molar-refractivity contribution in [3.63, 3.8) is 0 Å². The van der Waals surface area contributed by atoms with Gasteiger partial charge in [-0.3, -0.25) is 0 Å². The molecule has 0 aromatic carbocycles. The van der Waals surface area contributed by atoms with Crippen LogP contribution in [0.15, 0.2) is 0 Å². The van der Waals surface area contributed by atoms with E-state index >= 15 is 0 Å². The number of rotatable bonds is 5. The van der Waals surface area contributed by atoms with Crippen LogP contribution in [0, 0.1) is 0 Å². The van der Waals surface area contributed by atoms with Crippen molar-refractivity contribution in [2.75, 3.05) is 19.8 Å². The largest absolute Gasteiger partial charge is 0.379 e. The summed E-state index contributed by atoms with van der Waals surface area (Å²) in [6.07, 6.45) is 11.4. The SMILES string of the molecule is NC1(COCCC2CCCO2)CCCCCC1. The highest BCUT2D eigenvalue weighted by molar-refractivity contribution is 4.85. The fraction of sp³-hybridized carbons (Fsp3) is 1.00. The van der Waals surface area contributed by atoms with Gasteiger partial charge in [-0.1, -0.05) is 25.7 Å². The van der Waals surface area contributed by atoms with Crippen LogP contribution in [0.25, 0.3) is 0 Å². The van der Waals surface area contributed by atoms with Crippen molar-refractivity contribution < 1.29 is 9.47 Å². The first-order valence-corrected chi connectivity index (χ1v) is 7.27. The highest BCUT2D eigenvalue weighted by Gasteiger charge is 2.26. The summed E-state index contributed by atoms with van der Waals surface area (Å²) < 4.78 is 11.4. The Hall–Kier alpha value is -0.120. The van der Waals surface area contributed by atoms with E-state index in [2.05, 4.69) is 0 Å². The monoisotopic (exact) mass is 241 g/mol. The van der Waals surface area contributed by atoms with Gasteiger partial charge in [-0.05, 0) is 32.1 Å². The predicted octanol–water partition coefficient (Wildman–Crippen LogP) is 2.62. The van der Waals surface area contributed by atoms with Crippen molar-refractivity contribution in [3.05, 3.63) is 0 Å². The van der Waals surface area contributed by atoms with Crippen LogP contribution in [-0.4, -0.2) is 31.5 Å². The Morgan fingerprint density at radius 2 is 1.88 bits per heavy atom. The van der Waals surface area contributed by atoms with Crippen molar-refractivity contribution in [1.82, 2.24) is 0 Å². The van der Waals surface area contributed by atoms with Crippen LogP contribution in [0.1, 0.15) is 57.8 Å². The minimum atomic E-state index is -0.0486. The van der Waals surface area contributed by atoms with Crippen LogP contribution in [-0.2, 0) is 9.47 Å². The first-order chi connectivity index (χ1) is 8.29. The van der Waals surface area contributed by atoms with Crippen LogP contribution >= 0.6 is 0 Å². The molecule has 1 unspecified atom stereocenters. The molecule has 0 bridgehead atoms. The molecule has 2 rings (SSSR count). The molecule has 17 heavy (non-hydrogen) atoms. The van der Waals surface area contributed by atoms with E-state index in [1.165, 1.54) is 38.5 Å². The van der Waals surface area contributed by atoms with Gasteiger partial charge in [0.15, 0.2) is 0 Å². The van der Waals surface area contributed by atoms with Crippen LogP contribution in [0.2, 0.25) is 0 Å². The van der Waals surface area contributed by atoms with E-state index in [4.69, 9.17) is 15.2 Å². The summed E-state index contributed by atoms with van der Waals surface area (Å²) >= 11 is 0. The average Bonchev–Trinajstić information content (AvgIpc) is 2.74. The maximum atomic E-state index is 6.40. The van der Waals surface area contributed by atoms with Crippen molar-refractivity contribution in [1.29, 1.82) is 0 Å². The average molecular weight is 241 g/mol. The predicted molar refractivity (Wildman–Crippen MR) is 69.0 cm³/mol. The topological polar surface area (TPSA) is 44.5 Å². The molecule has 1 atom stereocenters. The molecule has 1 saturated carbocycles. The molecule has 0 radical (unpaired) electrons. The zero-order chi connectivity index (χ0) is 12.0. The van der Waals surface area contributed by atoms with Crippen molar-refractivity contribution in [2.24, 2.45) is 5.73 Å². The van der Waals surface area contributed by atoms with Gasteiger partial charge < -0.3 is 15.2 Å². The molecule has 3 nitrogen and oxygen atoms in total. The molecule has 1 heterocycles. The summed E-state index contributed by atoms with van der Waals surface area (Å²) in [4.78, 5) is 0. The van der Waals surface area contributed by atoms with E-state index in [9.17, 15) is 0 Å². The van der Waals surface area contributed by atoms with Crippen LogP contribution in [0.3, 0.4) is 0 Å². The van der Waals surface area contributed by atoms with E-state index < -0.39 is 0 Å². The Morgan fingerprint density at radius 3 is 2.53 bits per heavy atom. The molecule has 3 heteroatoms. The number of nitrogens with two attached hydrogens (primary N) is 1. The van der Waals surface area contributed by atoms with E-state index in [-0.39, 0.29) is 5.54 Å². The number of hydrogen-bond donors (Lipinski definition) is 1. The molecule has 1 aliphatic heterocycles. The molecule has 1 saturated heterocycles. The second-order valence-corrected chi connectivity index (χ2v) is 5.75. The highest BCUT2D eigenvalue weighted by Crippen LogP contribution is 2.25. The third-order valence-corrected chi connectivity index (χ3v) is 4.10. The van der Waals surface area contributed by atoms with Gasteiger partial charge in [0.1, 0.15) is 0 Å². The van der Waals surface area contributed by atoms with Crippen molar-refractivity contribution >= 4 is 0 Å². The maximum Gasteiger partial charge on any atom is 0.0646 e. The normalized spacial score (nSPS) is 29.1. The Labute approximate surface area is 105 Å².